The zero-order valence-corrected chi connectivity index (χ0v) is 13.4. The van der Waals surface area contributed by atoms with E-state index >= 15 is 0 Å². The lowest BCUT2D eigenvalue weighted by Crippen LogP contribution is -2.43. The van der Waals surface area contributed by atoms with Crippen LogP contribution in [0.2, 0.25) is 10.0 Å². The third-order valence-corrected chi connectivity index (χ3v) is 3.04. The van der Waals surface area contributed by atoms with E-state index < -0.39 is 36.5 Å². The standard InChI is InChI=1S/C13H13Cl2N3O5/c1-6(11(20)18-13(16)22)23-10(19)5-17-12(21)8-3-2-7(14)4-9(8)15/h2-4,6H,5H2,1H3,(H,17,21)(H3,16,18,20,22). The van der Waals surface area contributed by atoms with Gasteiger partial charge in [0.2, 0.25) is 0 Å². The number of urea groups is 1. The molecule has 0 saturated carbocycles. The van der Waals surface area contributed by atoms with E-state index in [2.05, 4.69) is 5.32 Å². The second-order valence-electron chi connectivity index (χ2n) is 4.29. The Balaban J connectivity index is 2.51. The van der Waals surface area contributed by atoms with Crippen LogP contribution in [-0.4, -0.2) is 36.5 Å². The highest BCUT2D eigenvalue weighted by molar-refractivity contribution is 6.36. The number of primary amides is 1. The number of rotatable bonds is 5. The van der Waals surface area contributed by atoms with E-state index in [0.717, 1.165) is 0 Å². The predicted molar refractivity (Wildman–Crippen MR) is 82.1 cm³/mol. The number of hydrogen-bond acceptors (Lipinski definition) is 5. The molecule has 1 unspecified atom stereocenters. The molecule has 8 nitrogen and oxygen atoms in total. The van der Waals surface area contributed by atoms with Crippen molar-refractivity contribution in [3.63, 3.8) is 0 Å². The van der Waals surface area contributed by atoms with Gasteiger partial charge >= 0.3 is 12.0 Å². The molecule has 0 aromatic heterocycles. The molecular formula is C13H13Cl2N3O5. The molecule has 0 aliphatic carbocycles. The van der Waals surface area contributed by atoms with Crippen molar-refractivity contribution in [2.45, 2.75) is 13.0 Å². The Kier molecular flexibility index (Phi) is 6.80. The van der Waals surface area contributed by atoms with Gasteiger partial charge in [0, 0.05) is 5.02 Å². The molecular weight excluding hydrogens is 349 g/mol. The monoisotopic (exact) mass is 361 g/mol. The van der Waals surface area contributed by atoms with Gasteiger partial charge in [-0.25, -0.2) is 4.79 Å². The van der Waals surface area contributed by atoms with Gasteiger partial charge in [-0.05, 0) is 25.1 Å². The minimum Gasteiger partial charge on any atom is -0.451 e. The summed E-state index contributed by atoms with van der Waals surface area (Å²) in [7, 11) is 0. The predicted octanol–water partition coefficient (Wildman–Crippen LogP) is 0.850. The molecule has 23 heavy (non-hydrogen) atoms. The molecule has 0 saturated heterocycles. The number of halogens is 2. The summed E-state index contributed by atoms with van der Waals surface area (Å²) < 4.78 is 4.72. The first-order valence-electron chi connectivity index (χ1n) is 6.23. The van der Waals surface area contributed by atoms with Gasteiger partial charge in [-0.1, -0.05) is 23.2 Å². The van der Waals surface area contributed by atoms with Crippen molar-refractivity contribution < 1.29 is 23.9 Å². The highest BCUT2D eigenvalue weighted by Crippen LogP contribution is 2.20. The molecule has 4 amide bonds. The number of amides is 4. The van der Waals surface area contributed by atoms with Crippen LogP contribution in [0.1, 0.15) is 17.3 Å². The number of benzene rings is 1. The molecule has 10 heteroatoms. The molecule has 1 rings (SSSR count). The van der Waals surface area contributed by atoms with Crippen molar-refractivity contribution >= 4 is 47.0 Å². The SMILES string of the molecule is CC(OC(=O)CNC(=O)c1ccc(Cl)cc1Cl)C(=O)NC(N)=O. The number of carbonyl (C=O) groups is 4. The molecule has 0 radical (unpaired) electrons. The van der Waals surface area contributed by atoms with Gasteiger partial charge < -0.3 is 15.8 Å². The molecule has 124 valence electrons. The number of nitrogens with two attached hydrogens (primary N) is 1. The highest BCUT2D eigenvalue weighted by Gasteiger charge is 2.19. The Labute approximate surface area is 141 Å². The molecule has 1 aromatic carbocycles. The summed E-state index contributed by atoms with van der Waals surface area (Å²) in [6.07, 6.45) is -1.24. The van der Waals surface area contributed by atoms with Crippen molar-refractivity contribution in [3.05, 3.63) is 33.8 Å². The van der Waals surface area contributed by atoms with Crippen molar-refractivity contribution in [2.24, 2.45) is 5.73 Å². The maximum Gasteiger partial charge on any atom is 0.326 e. The molecule has 0 bridgehead atoms. The Bertz CT molecular complexity index is 650. The van der Waals surface area contributed by atoms with Crippen molar-refractivity contribution in [1.82, 2.24) is 10.6 Å². The van der Waals surface area contributed by atoms with Gasteiger partial charge in [-0.15, -0.1) is 0 Å². The van der Waals surface area contributed by atoms with Gasteiger partial charge in [0.15, 0.2) is 6.10 Å². The quantitative estimate of drug-likeness (QED) is 0.669. The van der Waals surface area contributed by atoms with Crippen LogP contribution >= 0.6 is 23.2 Å². The third kappa shape index (κ3) is 6.13. The first-order valence-corrected chi connectivity index (χ1v) is 6.99. The topological polar surface area (TPSA) is 128 Å². The average molecular weight is 362 g/mol. The van der Waals surface area contributed by atoms with E-state index in [1.807, 2.05) is 0 Å². The fourth-order valence-electron chi connectivity index (χ4n) is 1.44. The largest absolute Gasteiger partial charge is 0.451 e. The van der Waals surface area contributed by atoms with Crippen LogP contribution in [0.15, 0.2) is 18.2 Å². The van der Waals surface area contributed by atoms with Crippen molar-refractivity contribution in [3.8, 4) is 0 Å². The van der Waals surface area contributed by atoms with Crippen LogP contribution in [-0.2, 0) is 14.3 Å². The molecule has 1 atom stereocenters. The number of carbonyl (C=O) groups excluding carboxylic acids is 4. The number of hydrogen-bond donors (Lipinski definition) is 3. The molecule has 1 aromatic rings. The molecule has 0 aliphatic rings. The first-order chi connectivity index (χ1) is 10.7. The van der Waals surface area contributed by atoms with Gasteiger partial charge in [0.1, 0.15) is 6.54 Å². The lowest BCUT2D eigenvalue weighted by atomic mass is 10.2. The number of nitrogens with one attached hydrogen (secondary N) is 2. The summed E-state index contributed by atoms with van der Waals surface area (Å²) in [5.41, 5.74) is 4.89. The van der Waals surface area contributed by atoms with E-state index in [0.29, 0.717) is 5.02 Å². The average Bonchev–Trinajstić information content (AvgIpc) is 2.43. The maximum atomic E-state index is 11.9. The van der Waals surface area contributed by atoms with Gasteiger partial charge in [0.25, 0.3) is 11.8 Å². The molecule has 0 spiro atoms. The Morgan fingerprint density at radius 1 is 1.26 bits per heavy atom. The molecule has 0 fully saturated rings. The van der Waals surface area contributed by atoms with E-state index in [9.17, 15) is 19.2 Å². The Morgan fingerprint density at radius 3 is 2.48 bits per heavy atom. The number of esters is 1. The lowest BCUT2D eigenvalue weighted by molar-refractivity contribution is -0.153. The Morgan fingerprint density at radius 2 is 1.91 bits per heavy atom. The zero-order valence-electron chi connectivity index (χ0n) is 11.9. The van der Waals surface area contributed by atoms with Crippen LogP contribution in [0.25, 0.3) is 0 Å². The van der Waals surface area contributed by atoms with Gasteiger partial charge in [-0.2, -0.15) is 0 Å². The van der Waals surface area contributed by atoms with E-state index in [4.69, 9.17) is 33.7 Å². The molecule has 0 aliphatic heterocycles. The number of ether oxygens (including phenoxy) is 1. The van der Waals surface area contributed by atoms with Crippen LogP contribution < -0.4 is 16.4 Å². The van der Waals surface area contributed by atoms with E-state index in [1.165, 1.54) is 25.1 Å². The first kappa shape index (κ1) is 18.7. The van der Waals surface area contributed by atoms with Crippen LogP contribution in [0, 0.1) is 0 Å². The second kappa shape index (κ2) is 8.35. The summed E-state index contributed by atoms with van der Waals surface area (Å²) in [6, 6.07) is 3.18. The third-order valence-electron chi connectivity index (χ3n) is 2.49. The minimum absolute atomic E-state index is 0.123. The van der Waals surface area contributed by atoms with Crippen molar-refractivity contribution in [1.29, 1.82) is 0 Å². The summed E-state index contributed by atoms with van der Waals surface area (Å²) in [6.45, 7) is 0.750. The highest BCUT2D eigenvalue weighted by atomic mass is 35.5. The maximum absolute atomic E-state index is 11.9. The molecule has 0 heterocycles. The fourth-order valence-corrected chi connectivity index (χ4v) is 1.93. The second-order valence-corrected chi connectivity index (χ2v) is 5.14. The summed E-state index contributed by atoms with van der Waals surface area (Å²) >= 11 is 11.6. The zero-order chi connectivity index (χ0) is 17.6. The van der Waals surface area contributed by atoms with Crippen LogP contribution in [0.5, 0.6) is 0 Å². The smallest absolute Gasteiger partial charge is 0.326 e. The van der Waals surface area contributed by atoms with Crippen LogP contribution in [0.4, 0.5) is 4.79 Å². The van der Waals surface area contributed by atoms with Crippen molar-refractivity contribution in [2.75, 3.05) is 6.54 Å². The van der Waals surface area contributed by atoms with Gasteiger partial charge in [-0.3, -0.25) is 19.7 Å². The lowest BCUT2D eigenvalue weighted by Gasteiger charge is -2.12. The minimum atomic E-state index is -1.24. The normalized spacial score (nSPS) is 11.3. The molecule has 4 N–H and O–H groups in total. The van der Waals surface area contributed by atoms with E-state index in [1.54, 1.807) is 5.32 Å². The summed E-state index contributed by atoms with van der Waals surface area (Å²) in [5, 5.41) is 4.52. The number of imide groups is 1. The van der Waals surface area contributed by atoms with Crippen LogP contribution in [0.3, 0.4) is 0 Å². The Hall–Kier alpha value is -2.32. The van der Waals surface area contributed by atoms with Gasteiger partial charge in [0.05, 0.1) is 10.6 Å². The summed E-state index contributed by atoms with van der Waals surface area (Å²) in [4.78, 5) is 45.2. The summed E-state index contributed by atoms with van der Waals surface area (Å²) in [5.74, 6) is -2.37. The van der Waals surface area contributed by atoms with E-state index in [-0.39, 0.29) is 10.6 Å². The fraction of sp³-hybridized carbons (Fsp3) is 0.231.